The molecule has 3 N–H and O–H groups in total. The molecule has 0 atom stereocenters. The average molecular weight is 410 g/mol. The maximum absolute atomic E-state index is 14.1. The van der Waals surface area contributed by atoms with E-state index in [9.17, 15) is 13.6 Å². The highest BCUT2D eigenvalue weighted by Crippen LogP contribution is 2.27. The monoisotopic (exact) mass is 410 g/mol. The maximum atomic E-state index is 14.1. The number of carbonyl (C=O) groups excluding carboxylic acids is 1. The number of nitrogens with zero attached hydrogens (tertiary/aromatic N) is 4. The minimum Gasteiger partial charge on any atom is -0.396 e. The molecule has 1 aliphatic heterocycles. The number of urea groups is 1. The number of amides is 2. The van der Waals surface area contributed by atoms with Crippen molar-refractivity contribution in [3.05, 3.63) is 65.7 Å². The van der Waals surface area contributed by atoms with Gasteiger partial charge in [0.25, 0.3) is 0 Å². The van der Waals surface area contributed by atoms with Crippen LogP contribution in [0, 0.1) is 24.5 Å². The van der Waals surface area contributed by atoms with Gasteiger partial charge >= 0.3 is 6.03 Å². The number of halogens is 2. The third-order valence-electron chi connectivity index (χ3n) is 4.96. The number of benzene rings is 1. The standard InChI is InChI=1S/C21H20F2N6O/c1-12-25-8-13(9-26-12)6-14-10-29(11-14)21(30)28-20-18(24)4-5-19(27-20)16-3-2-15(22)7-17(16)23/h2-5,7-9,14H,6,10-11,24H2,1H3,(H,27,28,30). The summed E-state index contributed by atoms with van der Waals surface area (Å²) in [5.74, 6) is -0.232. The molecule has 3 heterocycles. The summed E-state index contributed by atoms with van der Waals surface area (Å²) in [4.78, 5) is 26.8. The predicted octanol–water partition coefficient (Wildman–Crippen LogP) is 3.41. The zero-order chi connectivity index (χ0) is 21.3. The molecule has 30 heavy (non-hydrogen) atoms. The van der Waals surface area contributed by atoms with E-state index in [-0.39, 0.29) is 28.8 Å². The van der Waals surface area contributed by atoms with Crippen LogP contribution in [-0.4, -0.2) is 39.0 Å². The Kier molecular flexibility index (Phi) is 5.26. The fourth-order valence-electron chi connectivity index (χ4n) is 3.32. The van der Waals surface area contributed by atoms with Crippen molar-refractivity contribution in [1.82, 2.24) is 19.9 Å². The van der Waals surface area contributed by atoms with Crippen LogP contribution in [0.5, 0.6) is 0 Å². The third kappa shape index (κ3) is 4.19. The van der Waals surface area contributed by atoms with Crippen LogP contribution in [0.3, 0.4) is 0 Å². The summed E-state index contributed by atoms with van der Waals surface area (Å²) < 4.78 is 27.2. The second kappa shape index (κ2) is 8.02. The predicted molar refractivity (Wildman–Crippen MR) is 109 cm³/mol. The summed E-state index contributed by atoms with van der Waals surface area (Å²) in [7, 11) is 0. The molecule has 0 saturated carbocycles. The summed E-state index contributed by atoms with van der Waals surface area (Å²) in [6, 6.07) is 5.94. The summed E-state index contributed by atoms with van der Waals surface area (Å²) in [5, 5.41) is 2.67. The van der Waals surface area contributed by atoms with Crippen molar-refractivity contribution in [2.24, 2.45) is 5.92 Å². The first-order chi connectivity index (χ1) is 14.4. The molecule has 0 spiro atoms. The van der Waals surface area contributed by atoms with Crippen molar-refractivity contribution in [1.29, 1.82) is 0 Å². The number of aryl methyl sites for hydroxylation is 1. The van der Waals surface area contributed by atoms with Crippen LogP contribution in [-0.2, 0) is 6.42 Å². The van der Waals surface area contributed by atoms with E-state index >= 15 is 0 Å². The summed E-state index contributed by atoms with van der Waals surface area (Å²) in [6.07, 6.45) is 4.40. The lowest BCUT2D eigenvalue weighted by molar-refractivity contribution is 0.131. The van der Waals surface area contributed by atoms with E-state index in [2.05, 4.69) is 20.3 Å². The van der Waals surface area contributed by atoms with Gasteiger partial charge in [0.05, 0.1) is 11.4 Å². The van der Waals surface area contributed by atoms with Crippen LogP contribution in [0.25, 0.3) is 11.3 Å². The van der Waals surface area contributed by atoms with Gasteiger partial charge in [-0.15, -0.1) is 0 Å². The van der Waals surface area contributed by atoms with Gasteiger partial charge in [-0.05, 0) is 49.1 Å². The van der Waals surface area contributed by atoms with E-state index in [0.29, 0.717) is 19.0 Å². The number of likely N-dealkylation sites (tertiary alicyclic amines) is 1. The van der Waals surface area contributed by atoms with Crippen LogP contribution < -0.4 is 11.1 Å². The fraction of sp³-hybridized carbons (Fsp3) is 0.238. The van der Waals surface area contributed by atoms with E-state index in [1.807, 2.05) is 6.92 Å². The number of pyridine rings is 1. The van der Waals surface area contributed by atoms with Crippen LogP contribution >= 0.6 is 0 Å². The minimum absolute atomic E-state index is 0.122. The van der Waals surface area contributed by atoms with Crippen molar-refractivity contribution in [2.45, 2.75) is 13.3 Å². The first-order valence-corrected chi connectivity index (χ1v) is 9.44. The fourth-order valence-corrected chi connectivity index (χ4v) is 3.32. The molecule has 1 aliphatic rings. The molecular formula is C21H20F2N6O. The molecule has 1 aromatic carbocycles. The molecule has 2 aromatic heterocycles. The lowest BCUT2D eigenvalue weighted by Crippen LogP contribution is -2.52. The third-order valence-corrected chi connectivity index (χ3v) is 4.96. The normalized spacial score (nSPS) is 13.8. The largest absolute Gasteiger partial charge is 0.396 e. The van der Waals surface area contributed by atoms with E-state index in [4.69, 9.17) is 5.73 Å². The molecule has 9 heteroatoms. The lowest BCUT2D eigenvalue weighted by Gasteiger charge is -2.39. The molecule has 2 amide bonds. The zero-order valence-corrected chi connectivity index (χ0v) is 16.3. The van der Waals surface area contributed by atoms with Gasteiger partial charge in [-0.2, -0.15) is 0 Å². The summed E-state index contributed by atoms with van der Waals surface area (Å²) >= 11 is 0. The topological polar surface area (TPSA) is 97.0 Å². The molecule has 4 rings (SSSR count). The summed E-state index contributed by atoms with van der Waals surface area (Å²) in [6.45, 7) is 3.01. The van der Waals surface area contributed by atoms with Crippen molar-refractivity contribution in [2.75, 3.05) is 24.1 Å². The van der Waals surface area contributed by atoms with Gasteiger partial charge in [-0.3, -0.25) is 5.32 Å². The number of hydrogen-bond donors (Lipinski definition) is 2. The Balaban J connectivity index is 1.39. The Hall–Kier alpha value is -3.62. The number of rotatable bonds is 4. The van der Waals surface area contributed by atoms with E-state index in [0.717, 1.165) is 29.9 Å². The van der Waals surface area contributed by atoms with Crippen LogP contribution in [0.15, 0.2) is 42.7 Å². The molecule has 1 saturated heterocycles. The highest BCUT2D eigenvalue weighted by molar-refractivity contribution is 5.92. The Morgan fingerprint density at radius 1 is 1.20 bits per heavy atom. The van der Waals surface area contributed by atoms with E-state index in [1.54, 1.807) is 17.3 Å². The highest BCUT2D eigenvalue weighted by Gasteiger charge is 2.31. The lowest BCUT2D eigenvalue weighted by atomic mass is 9.94. The average Bonchev–Trinajstić information content (AvgIpc) is 2.67. The number of aromatic nitrogens is 3. The summed E-state index contributed by atoms with van der Waals surface area (Å²) in [5.41, 5.74) is 7.57. The molecule has 1 fully saturated rings. The Morgan fingerprint density at radius 3 is 2.63 bits per heavy atom. The van der Waals surface area contributed by atoms with Crippen LogP contribution in [0.2, 0.25) is 0 Å². The molecular weight excluding hydrogens is 390 g/mol. The second-order valence-electron chi connectivity index (χ2n) is 7.30. The van der Waals surface area contributed by atoms with Gasteiger partial charge in [0.15, 0.2) is 5.82 Å². The van der Waals surface area contributed by atoms with Gasteiger partial charge in [0.1, 0.15) is 17.5 Å². The number of carbonyl (C=O) groups is 1. The Bertz CT molecular complexity index is 1080. The quantitative estimate of drug-likeness (QED) is 0.687. The maximum Gasteiger partial charge on any atom is 0.323 e. The van der Waals surface area contributed by atoms with Gasteiger partial charge in [0.2, 0.25) is 0 Å². The Morgan fingerprint density at radius 2 is 1.93 bits per heavy atom. The second-order valence-corrected chi connectivity index (χ2v) is 7.30. The molecule has 0 aliphatic carbocycles. The first-order valence-electron chi connectivity index (χ1n) is 9.44. The van der Waals surface area contributed by atoms with Gasteiger partial charge < -0.3 is 10.6 Å². The molecule has 154 valence electrons. The number of nitrogen functional groups attached to an aromatic ring is 1. The number of nitrogens with two attached hydrogens (primary N) is 1. The SMILES string of the molecule is Cc1ncc(CC2CN(C(=O)Nc3nc(-c4ccc(F)cc4F)ccc3N)C2)cn1. The van der Waals surface area contributed by atoms with Crippen molar-refractivity contribution >= 4 is 17.5 Å². The number of hydrogen-bond acceptors (Lipinski definition) is 5. The molecule has 0 radical (unpaired) electrons. The number of nitrogens with one attached hydrogen (secondary N) is 1. The van der Waals surface area contributed by atoms with Crippen LogP contribution in [0.1, 0.15) is 11.4 Å². The highest BCUT2D eigenvalue weighted by atomic mass is 19.1. The first kappa shape index (κ1) is 19.7. The van der Waals surface area contributed by atoms with Gasteiger partial charge in [-0.1, -0.05) is 0 Å². The van der Waals surface area contributed by atoms with E-state index in [1.165, 1.54) is 18.2 Å². The van der Waals surface area contributed by atoms with Crippen molar-refractivity contribution < 1.29 is 13.6 Å². The van der Waals surface area contributed by atoms with E-state index < -0.39 is 11.6 Å². The van der Waals surface area contributed by atoms with Crippen LogP contribution in [0.4, 0.5) is 25.1 Å². The molecule has 0 unspecified atom stereocenters. The molecule has 7 nitrogen and oxygen atoms in total. The Labute approximate surface area is 172 Å². The van der Waals surface area contributed by atoms with Crippen molar-refractivity contribution in [3.8, 4) is 11.3 Å². The van der Waals surface area contributed by atoms with Gasteiger partial charge in [0, 0.05) is 37.1 Å². The molecule has 3 aromatic rings. The van der Waals surface area contributed by atoms with Crippen molar-refractivity contribution in [3.63, 3.8) is 0 Å². The smallest absolute Gasteiger partial charge is 0.323 e. The molecule has 0 bridgehead atoms. The number of anilines is 2. The minimum atomic E-state index is -0.741. The zero-order valence-electron chi connectivity index (χ0n) is 16.3. The van der Waals surface area contributed by atoms with Gasteiger partial charge in [-0.25, -0.2) is 28.5 Å².